The number of nitrogens with two attached hydrogens (primary N) is 1. The average molecular weight is 354 g/mol. The van der Waals surface area contributed by atoms with Crippen molar-refractivity contribution in [3.05, 3.63) is 58.2 Å². The van der Waals surface area contributed by atoms with Gasteiger partial charge in [0.15, 0.2) is 0 Å². The molecule has 7 heteroatoms. The first-order valence-corrected chi connectivity index (χ1v) is 7.83. The molecule has 1 amide bonds. The zero-order valence-electron chi connectivity index (χ0n) is 12.3. The van der Waals surface area contributed by atoms with Crippen LogP contribution < -0.4 is 15.8 Å². The molecule has 23 heavy (non-hydrogen) atoms. The Balaban J connectivity index is 1.70. The van der Waals surface area contributed by atoms with Gasteiger partial charge in [-0.15, -0.1) is 0 Å². The number of amides is 1. The first-order valence-electron chi connectivity index (χ1n) is 7.07. The smallest absolute Gasteiger partial charge is 0.232 e. The summed E-state index contributed by atoms with van der Waals surface area (Å²) < 4.78 is 5.38. The first kappa shape index (κ1) is 17.5. The van der Waals surface area contributed by atoms with E-state index < -0.39 is 0 Å². The third-order valence-electron chi connectivity index (χ3n) is 3.07. The standard InChI is InChI=1S/C16H17Cl2N3O2/c17-12-8-13(18)16(21-10-12)23-7-6-20-15(22)9-14(19)11-4-2-1-3-5-11/h1-5,8,10,14H,6-7,9,19H2,(H,20,22). The predicted molar refractivity (Wildman–Crippen MR) is 90.7 cm³/mol. The maximum Gasteiger partial charge on any atom is 0.232 e. The lowest BCUT2D eigenvalue weighted by Gasteiger charge is -2.12. The molecule has 1 aromatic carbocycles. The van der Waals surface area contributed by atoms with Crippen LogP contribution in [-0.2, 0) is 4.79 Å². The van der Waals surface area contributed by atoms with Gasteiger partial charge in [-0.1, -0.05) is 53.5 Å². The maximum absolute atomic E-state index is 11.8. The van der Waals surface area contributed by atoms with Crippen molar-refractivity contribution in [3.8, 4) is 5.88 Å². The Morgan fingerprint density at radius 3 is 2.74 bits per heavy atom. The lowest BCUT2D eigenvalue weighted by molar-refractivity contribution is -0.121. The summed E-state index contributed by atoms with van der Waals surface area (Å²) in [5, 5.41) is 3.51. The van der Waals surface area contributed by atoms with Crippen molar-refractivity contribution in [2.24, 2.45) is 5.73 Å². The van der Waals surface area contributed by atoms with Crippen molar-refractivity contribution in [2.75, 3.05) is 13.2 Å². The van der Waals surface area contributed by atoms with Gasteiger partial charge in [0.05, 0.1) is 11.6 Å². The quantitative estimate of drug-likeness (QED) is 0.750. The van der Waals surface area contributed by atoms with Crippen LogP contribution in [0.5, 0.6) is 5.88 Å². The molecule has 0 saturated heterocycles. The molecule has 0 fully saturated rings. The molecule has 1 heterocycles. The number of nitrogens with zero attached hydrogens (tertiary/aromatic N) is 1. The highest BCUT2D eigenvalue weighted by atomic mass is 35.5. The molecule has 2 rings (SSSR count). The molecular formula is C16H17Cl2N3O2. The third kappa shape index (κ3) is 5.71. The van der Waals surface area contributed by atoms with Crippen LogP contribution in [0, 0.1) is 0 Å². The molecule has 0 aliphatic heterocycles. The molecule has 0 saturated carbocycles. The van der Waals surface area contributed by atoms with E-state index in [9.17, 15) is 4.79 Å². The zero-order chi connectivity index (χ0) is 16.7. The average Bonchev–Trinajstić information content (AvgIpc) is 2.54. The van der Waals surface area contributed by atoms with Crippen molar-refractivity contribution in [3.63, 3.8) is 0 Å². The molecule has 0 aliphatic carbocycles. The van der Waals surface area contributed by atoms with Gasteiger partial charge in [-0.2, -0.15) is 0 Å². The number of hydrogen-bond donors (Lipinski definition) is 2. The minimum Gasteiger partial charge on any atom is -0.475 e. The number of carbonyl (C=O) groups excluding carboxylic acids is 1. The van der Waals surface area contributed by atoms with Crippen LogP contribution in [0.4, 0.5) is 0 Å². The highest BCUT2D eigenvalue weighted by molar-refractivity contribution is 6.35. The summed E-state index contributed by atoms with van der Waals surface area (Å²) in [6.07, 6.45) is 1.66. The number of halogens is 2. The van der Waals surface area contributed by atoms with Gasteiger partial charge in [-0.25, -0.2) is 4.98 Å². The number of rotatable bonds is 7. The Morgan fingerprint density at radius 2 is 2.04 bits per heavy atom. The van der Waals surface area contributed by atoms with Crippen molar-refractivity contribution in [1.29, 1.82) is 0 Å². The fourth-order valence-electron chi connectivity index (χ4n) is 1.94. The molecule has 1 unspecified atom stereocenters. The van der Waals surface area contributed by atoms with Crippen LogP contribution in [0.25, 0.3) is 0 Å². The highest BCUT2D eigenvalue weighted by Crippen LogP contribution is 2.24. The minimum absolute atomic E-state index is 0.139. The number of carbonyl (C=O) groups is 1. The molecule has 2 aromatic rings. The van der Waals surface area contributed by atoms with Crippen molar-refractivity contribution < 1.29 is 9.53 Å². The van der Waals surface area contributed by atoms with Crippen LogP contribution >= 0.6 is 23.2 Å². The molecule has 0 bridgehead atoms. The van der Waals surface area contributed by atoms with Crippen LogP contribution in [0.2, 0.25) is 10.0 Å². The predicted octanol–water partition coefficient (Wildman–Crippen LogP) is 2.97. The Bertz CT molecular complexity index is 653. The van der Waals surface area contributed by atoms with E-state index in [0.29, 0.717) is 16.6 Å². The summed E-state index contributed by atoms with van der Waals surface area (Å²) in [5.74, 6) is 0.145. The fraction of sp³-hybridized carbons (Fsp3) is 0.250. The number of hydrogen-bond acceptors (Lipinski definition) is 4. The second-order valence-corrected chi connectivity index (χ2v) is 5.70. The van der Waals surface area contributed by atoms with E-state index in [0.717, 1.165) is 5.56 Å². The van der Waals surface area contributed by atoms with Gasteiger partial charge < -0.3 is 15.8 Å². The molecule has 3 N–H and O–H groups in total. The Morgan fingerprint density at radius 1 is 1.30 bits per heavy atom. The van der Waals surface area contributed by atoms with Gasteiger partial charge in [-0.05, 0) is 11.6 Å². The van der Waals surface area contributed by atoms with Crippen molar-refractivity contribution in [1.82, 2.24) is 10.3 Å². The number of benzene rings is 1. The van der Waals surface area contributed by atoms with E-state index in [1.165, 1.54) is 6.20 Å². The fourth-order valence-corrected chi connectivity index (χ4v) is 2.37. The monoisotopic (exact) mass is 353 g/mol. The minimum atomic E-state index is -0.329. The van der Waals surface area contributed by atoms with Crippen molar-refractivity contribution in [2.45, 2.75) is 12.5 Å². The Kier molecular flexibility index (Phi) is 6.65. The highest BCUT2D eigenvalue weighted by Gasteiger charge is 2.11. The first-order chi connectivity index (χ1) is 11.1. The van der Waals surface area contributed by atoms with Gasteiger partial charge in [0, 0.05) is 18.7 Å². The maximum atomic E-state index is 11.8. The third-order valence-corrected chi connectivity index (χ3v) is 3.55. The largest absolute Gasteiger partial charge is 0.475 e. The zero-order valence-corrected chi connectivity index (χ0v) is 13.8. The van der Waals surface area contributed by atoms with Crippen LogP contribution in [0.3, 0.4) is 0 Å². The summed E-state index contributed by atoms with van der Waals surface area (Å²) in [4.78, 5) is 15.8. The normalized spacial score (nSPS) is 11.8. The van der Waals surface area contributed by atoms with E-state index in [1.807, 2.05) is 30.3 Å². The van der Waals surface area contributed by atoms with Gasteiger partial charge in [-0.3, -0.25) is 4.79 Å². The topological polar surface area (TPSA) is 77.2 Å². The van der Waals surface area contributed by atoms with Crippen LogP contribution in [-0.4, -0.2) is 24.0 Å². The number of aromatic nitrogens is 1. The van der Waals surface area contributed by atoms with Crippen LogP contribution in [0.15, 0.2) is 42.6 Å². The number of ether oxygens (including phenoxy) is 1. The summed E-state index contributed by atoms with van der Waals surface area (Å²) in [7, 11) is 0. The van der Waals surface area contributed by atoms with E-state index in [4.69, 9.17) is 33.7 Å². The van der Waals surface area contributed by atoms with E-state index in [1.54, 1.807) is 6.07 Å². The molecule has 122 valence electrons. The Labute approximate surface area is 144 Å². The summed E-state index contributed by atoms with van der Waals surface area (Å²) in [6.45, 7) is 0.585. The van der Waals surface area contributed by atoms with Gasteiger partial charge in [0.25, 0.3) is 0 Å². The molecule has 1 atom stereocenters. The van der Waals surface area contributed by atoms with Gasteiger partial charge in [0.1, 0.15) is 11.6 Å². The summed E-state index contributed by atoms with van der Waals surface area (Å²) in [6, 6.07) is 10.7. The molecular weight excluding hydrogens is 337 g/mol. The van der Waals surface area contributed by atoms with E-state index >= 15 is 0 Å². The lowest BCUT2D eigenvalue weighted by atomic mass is 10.0. The van der Waals surface area contributed by atoms with Gasteiger partial charge >= 0.3 is 0 Å². The second-order valence-electron chi connectivity index (χ2n) is 4.86. The lowest BCUT2D eigenvalue weighted by Crippen LogP contribution is -2.30. The van der Waals surface area contributed by atoms with Crippen molar-refractivity contribution >= 4 is 29.1 Å². The second kappa shape index (κ2) is 8.72. The molecule has 5 nitrogen and oxygen atoms in total. The molecule has 0 radical (unpaired) electrons. The number of nitrogens with one attached hydrogen (secondary N) is 1. The van der Waals surface area contributed by atoms with Gasteiger partial charge in [0.2, 0.25) is 11.8 Å². The SMILES string of the molecule is NC(CC(=O)NCCOc1ncc(Cl)cc1Cl)c1ccccc1. The van der Waals surface area contributed by atoms with E-state index in [-0.39, 0.29) is 30.9 Å². The van der Waals surface area contributed by atoms with Crippen LogP contribution in [0.1, 0.15) is 18.0 Å². The summed E-state index contributed by atoms with van der Waals surface area (Å²) >= 11 is 11.7. The number of pyridine rings is 1. The summed E-state index contributed by atoms with van der Waals surface area (Å²) in [5.41, 5.74) is 6.92. The molecule has 1 aromatic heterocycles. The molecule has 0 aliphatic rings. The van der Waals surface area contributed by atoms with E-state index in [2.05, 4.69) is 10.3 Å². The Hall–Kier alpha value is -1.82. The molecule has 0 spiro atoms.